The molecule has 0 radical (unpaired) electrons. The molecule has 0 saturated heterocycles. The van der Waals surface area contributed by atoms with E-state index in [2.05, 4.69) is 169 Å². The Labute approximate surface area is 210 Å². The molecule has 0 aliphatic carbocycles. The second kappa shape index (κ2) is 805. The lowest BCUT2D eigenvalue weighted by Crippen LogP contribution is -2.08. The highest BCUT2D eigenvalue weighted by atomic mass is 16.5. The van der Waals surface area contributed by atoms with Crippen molar-refractivity contribution >= 4 is 5.97 Å². The highest BCUT2D eigenvalue weighted by molar-refractivity contribution is 5.86. The molecule has 0 aromatic carbocycles. The first-order valence-electron chi connectivity index (χ1n) is 8.62. The minimum atomic E-state index is -0.455. The molecule has 0 unspecified atom stereocenters. The average molecular weight is 467 g/mol. The first-order chi connectivity index (χ1) is 16.2. The van der Waals surface area contributed by atoms with Crippen LogP contribution in [-0.2, 0) is 9.53 Å². The fourth-order valence-electron chi connectivity index (χ4n) is 0.262. The lowest BCUT2D eigenvalue weighted by Gasteiger charge is -1.99. The van der Waals surface area contributed by atoms with E-state index in [1.807, 2.05) is 0 Å². The van der Waals surface area contributed by atoms with Gasteiger partial charge >= 0.3 is 5.97 Å². The summed E-state index contributed by atoms with van der Waals surface area (Å²) >= 11 is 0. The van der Waals surface area contributed by atoms with E-state index in [1.165, 1.54) is 0 Å². The minimum absolute atomic E-state index is 0.0473. The molecule has 0 aromatic heterocycles. The molecule has 0 saturated carbocycles. The number of rotatable bonds is 3. The molecule has 33 heavy (non-hydrogen) atoms. The lowest BCUT2D eigenvalue weighted by atomic mass is 10.4. The molecule has 0 aromatic rings. The first kappa shape index (κ1) is 88.7. The van der Waals surface area contributed by atoms with Crippen molar-refractivity contribution in [2.24, 2.45) is 0 Å². The normalized spacial score (nSPS) is 3.82. The van der Waals surface area contributed by atoms with Gasteiger partial charge in [0.05, 0.1) is 6.61 Å². The molecular weight excluding hydrogens is 408 g/mol. The zero-order valence-electron chi connectivity index (χ0n) is 22.4. The Morgan fingerprint density at radius 2 is 0.667 bits per heavy atom. The summed E-state index contributed by atoms with van der Waals surface area (Å²) in [7, 11) is 0. The lowest BCUT2D eigenvalue weighted by molar-refractivity contribution is -0.139. The van der Waals surface area contributed by atoms with Crippen LogP contribution in [0.5, 0.6) is 0 Å². The van der Waals surface area contributed by atoms with E-state index in [4.69, 9.17) is 5.11 Å². The van der Waals surface area contributed by atoms with Gasteiger partial charge < -0.3 is 9.84 Å². The maximum absolute atomic E-state index is 10.5. The van der Waals surface area contributed by atoms with E-state index in [9.17, 15) is 4.79 Å². The SMILES string of the molecule is C=C.C=C.C=C.C=C.C=C.C=C.C=C.C=C.C=C.C=C.C=C.C=C.C=C(C)C(=O)OCCO. The molecule has 0 aliphatic rings. The Bertz CT molecular complexity index is 220. The summed E-state index contributed by atoms with van der Waals surface area (Å²) < 4.78 is 4.46. The fraction of sp³-hybridized carbons (Fsp3) is 0.100. The smallest absolute Gasteiger partial charge is 0.333 e. The molecule has 3 nitrogen and oxygen atoms in total. The molecule has 0 spiro atoms. The van der Waals surface area contributed by atoms with Gasteiger partial charge in [0.25, 0.3) is 0 Å². The maximum atomic E-state index is 10.5. The van der Waals surface area contributed by atoms with Crippen LogP contribution in [0.3, 0.4) is 0 Å². The van der Waals surface area contributed by atoms with Gasteiger partial charge in [0, 0.05) is 5.57 Å². The molecule has 196 valence electrons. The van der Waals surface area contributed by atoms with Crippen molar-refractivity contribution in [3.63, 3.8) is 0 Å². The largest absolute Gasteiger partial charge is 0.460 e. The summed E-state index contributed by atoms with van der Waals surface area (Å²) in [6.45, 7) is 76.8. The van der Waals surface area contributed by atoms with Crippen LogP contribution in [0.4, 0.5) is 0 Å². The summed E-state index contributed by atoms with van der Waals surface area (Å²) in [6, 6.07) is 0. The quantitative estimate of drug-likeness (QED) is 0.256. The molecule has 0 bridgehead atoms. The summed E-state index contributed by atoms with van der Waals surface area (Å²) in [5, 5.41) is 8.19. The number of ether oxygens (including phenoxy) is 1. The number of aliphatic hydroxyl groups is 1. The van der Waals surface area contributed by atoms with Crippen LogP contribution in [0.25, 0.3) is 0 Å². The second-order valence-electron chi connectivity index (χ2n) is 1.64. The number of esters is 1. The predicted molar refractivity (Wildman–Crippen MR) is 168 cm³/mol. The Morgan fingerprint density at radius 1 is 0.515 bits per heavy atom. The van der Waals surface area contributed by atoms with Crippen molar-refractivity contribution in [2.75, 3.05) is 13.2 Å². The Kier molecular flexibility index (Phi) is 2160. The summed E-state index contributed by atoms with van der Waals surface area (Å²) in [5.41, 5.74) is 0.350. The van der Waals surface area contributed by atoms with Crippen molar-refractivity contribution in [2.45, 2.75) is 6.92 Å². The zero-order chi connectivity index (χ0) is 31.3. The minimum Gasteiger partial charge on any atom is -0.460 e. The van der Waals surface area contributed by atoms with Gasteiger partial charge in [-0.1, -0.05) is 6.58 Å². The van der Waals surface area contributed by atoms with Gasteiger partial charge in [-0.15, -0.1) is 158 Å². The number of carbonyl (C=O) groups excluding carboxylic acids is 1. The summed E-state index contributed by atoms with van der Waals surface area (Å²) in [5.74, 6) is -0.455. The fourth-order valence-corrected chi connectivity index (χ4v) is 0.262. The Morgan fingerprint density at radius 3 is 0.758 bits per heavy atom. The number of carbonyl (C=O) groups is 1. The van der Waals surface area contributed by atoms with Crippen LogP contribution >= 0.6 is 0 Å². The Hall–Kier alpha value is -3.95. The van der Waals surface area contributed by atoms with E-state index >= 15 is 0 Å². The van der Waals surface area contributed by atoms with Crippen molar-refractivity contribution < 1.29 is 14.6 Å². The van der Waals surface area contributed by atoms with Crippen LogP contribution in [0.2, 0.25) is 0 Å². The third-order valence-electron chi connectivity index (χ3n) is 0.673. The second-order valence-corrected chi connectivity index (χ2v) is 1.64. The third kappa shape index (κ3) is 1160. The molecule has 3 heteroatoms. The van der Waals surface area contributed by atoms with Gasteiger partial charge in [0.1, 0.15) is 6.61 Å². The van der Waals surface area contributed by atoms with Crippen molar-refractivity contribution in [1.82, 2.24) is 0 Å². The predicted octanol–water partition coefficient (Wildman–Crippen LogP) is 9.72. The maximum Gasteiger partial charge on any atom is 0.333 e. The van der Waals surface area contributed by atoms with E-state index in [0.717, 1.165) is 0 Å². The zero-order valence-corrected chi connectivity index (χ0v) is 22.4. The summed E-state index contributed by atoms with van der Waals surface area (Å²) in [6.07, 6.45) is 0. The highest BCUT2D eigenvalue weighted by Gasteiger charge is 1.99. The highest BCUT2D eigenvalue weighted by Crippen LogP contribution is 1.89. The molecule has 0 fully saturated rings. The summed E-state index contributed by atoms with van der Waals surface area (Å²) in [4.78, 5) is 10.5. The number of hydrogen-bond donors (Lipinski definition) is 1. The molecule has 0 amide bonds. The number of hydrogen-bond acceptors (Lipinski definition) is 3. The van der Waals surface area contributed by atoms with E-state index < -0.39 is 5.97 Å². The molecule has 0 heterocycles. The third-order valence-corrected chi connectivity index (χ3v) is 0.673. The standard InChI is InChI=1S/C6H10O3.12C2H4/c1-5(2)6(8)9-4-3-7;12*1-2/h7H,1,3-4H2,2H3;12*1-2H2. The van der Waals surface area contributed by atoms with Gasteiger partial charge in [0.2, 0.25) is 0 Å². The molecule has 0 atom stereocenters. The molecule has 1 N–H and O–H groups in total. The number of aliphatic hydroxyl groups excluding tert-OH is 1. The van der Waals surface area contributed by atoms with E-state index in [-0.39, 0.29) is 13.2 Å². The van der Waals surface area contributed by atoms with Gasteiger partial charge in [-0.2, -0.15) is 0 Å². The van der Waals surface area contributed by atoms with Gasteiger partial charge in [-0.25, -0.2) is 4.79 Å². The topological polar surface area (TPSA) is 46.5 Å². The molecule has 0 rings (SSSR count). The first-order valence-corrected chi connectivity index (χ1v) is 8.62. The van der Waals surface area contributed by atoms with Crippen LogP contribution in [-0.4, -0.2) is 24.3 Å². The van der Waals surface area contributed by atoms with Gasteiger partial charge in [-0.05, 0) is 6.92 Å². The molecular formula is C30H58O3. The van der Waals surface area contributed by atoms with Crippen LogP contribution in [0.15, 0.2) is 170 Å². The van der Waals surface area contributed by atoms with Gasteiger partial charge in [-0.3, -0.25) is 0 Å². The van der Waals surface area contributed by atoms with Crippen molar-refractivity contribution in [3.8, 4) is 0 Å². The Balaban J connectivity index is -0.0000000131. The van der Waals surface area contributed by atoms with Crippen molar-refractivity contribution in [3.05, 3.63) is 170 Å². The van der Waals surface area contributed by atoms with Crippen LogP contribution in [0, 0.1) is 0 Å². The average Bonchev–Trinajstić information content (AvgIpc) is 3.00. The monoisotopic (exact) mass is 466 g/mol. The van der Waals surface area contributed by atoms with Crippen LogP contribution in [0.1, 0.15) is 6.92 Å². The molecule has 0 aliphatic heterocycles. The van der Waals surface area contributed by atoms with Crippen molar-refractivity contribution in [1.29, 1.82) is 0 Å². The van der Waals surface area contributed by atoms with Gasteiger partial charge in [0.15, 0.2) is 0 Å². The van der Waals surface area contributed by atoms with E-state index in [0.29, 0.717) is 5.57 Å². The van der Waals surface area contributed by atoms with Crippen LogP contribution < -0.4 is 0 Å². The van der Waals surface area contributed by atoms with E-state index in [1.54, 1.807) is 6.92 Å².